The zero-order chi connectivity index (χ0) is 12.4. The fourth-order valence-corrected chi connectivity index (χ4v) is 2.22. The zero-order valence-corrected chi connectivity index (χ0v) is 9.19. The monoisotopic (exact) mass is 264 g/mol. The Labute approximate surface area is 91.2 Å². The molecule has 96 valence electrons. The maximum Gasteiger partial charge on any atom is 0.401 e. The van der Waals surface area contributed by atoms with Gasteiger partial charge in [-0.15, -0.1) is 0 Å². The average Bonchev–Trinajstić information content (AvgIpc) is 2.25. The van der Waals surface area contributed by atoms with E-state index in [1.54, 1.807) is 0 Å². The summed E-state index contributed by atoms with van der Waals surface area (Å²) in [4.78, 5) is 1.07. The van der Waals surface area contributed by atoms with Gasteiger partial charge < -0.3 is 0 Å². The van der Waals surface area contributed by atoms with Gasteiger partial charge in [0.25, 0.3) is 0 Å². The Kier molecular flexibility index (Phi) is 4.13. The number of rotatable bonds is 2. The minimum absolute atomic E-state index is 0.0762. The summed E-state index contributed by atoms with van der Waals surface area (Å²) in [5.41, 5.74) is 0. The van der Waals surface area contributed by atoms with E-state index in [-0.39, 0.29) is 32.6 Å². The summed E-state index contributed by atoms with van der Waals surface area (Å²) in [6, 6.07) is 0. The van der Waals surface area contributed by atoms with Crippen LogP contribution < -0.4 is 0 Å². The minimum Gasteiger partial charge on any atom is -0.294 e. The van der Waals surface area contributed by atoms with Gasteiger partial charge in [-0.2, -0.15) is 25.9 Å². The van der Waals surface area contributed by atoms with Gasteiger partial charge >= 0.3 is 16.6 Å². The van der Waals surface area contributed by atoms with Gasteiger partial charge in [0.15, 0.2) is 0 Å². The van der Waals surface area contributed by atoms with Gasteiger partial charge in [-0.25, -0.2) is 0 Å². The molecular weight excluding hydrogens is 252 g/mol. The van der Waals surface area contributed by atoms with Crippen molar-refractivity contribution in [3.63, 3.8) is 0 Å². The van der Waals surface area contributed by atoms with Gasteiger partial charge in [-0.1, -0.05) is 3.89 Å². The van der Waals surface area contributed by atoms with E-state index in [0.29, 0.717) is 4.31 Å². The molecule has 0 saturated carbocycles. The normalized spacial score (nSPS) is 22.0. The Balaban J connectivity index is 2.53. The van der Waals surface area contributed by atoms with E-state index in [9.17, 15) is 25.5 Å². The van der Waals surface area contributed by atoms with E-state index in [1.807, 2.05) is 0 Å². The molecule has 0 unspecified atom stereocenters. The van der Waals surface area contributed by atoms with Crippen LogP contribution in [0.15, 0.2) is 0 Å². The smallest absolute Gasteiger partial charge is 0.294 e. The van der Waals surface area contributed by atoms with Crippen molar-refractivity contribution in [2.75, 3.05) is 32.7 Å². The molecular formula is C7H12F4N2O2S. The molecule has 4 nitrogen and oxygen atoms in total. The van der Waals surface area contributed by atoms with Crippen molar-refractivity contribution in [3.8, 4) is 0 Å². The molecule has 1 heterocycles. The van der Waals surface area contributed by atoms with Crippen LogP contribution in [-0.4, -0.2) is 56.5 Å². The molecule has 0 amide bonds. The lowest BCUT2D eigenvalue weighted by atomic mass is 10.4. The van der Waals surface area contributed by atoms with Crippen molar-refractivity contribution in [1.29, 1.82) is 0 Å². The van der Waals surface area contributed by atoms with Crippen LogP contribution in [0.3, 0.4) is 0 Å². The van der Waals surface area contributed by atoms with Gasteiger partial charge in [-0.05, 0) is 13.0 Å². The quantitative estimate of drug-likeness (QED) is 0.546. The van der Waals surface area contributed by atoms with E-state index in [1.165, 1.54) is 0 Å². The minimum atomic E-state index is -4.79. The first-order valence-corrected chi connectivity index (χ1v) is 6.01. The number of hydrogen-bond acceptors (Lipinski definition) is 3. The third kappa shape index (κ3) is 4.62. The highest BCUT2D eigenvalue weighted by atomic mass is 32.3. The van der Waals surface area contributed by atoms with E-state index < -0.39 is 23.1 Å². The second-order valence-corrected chi connectivity index (χ2v) is 4.93. The predicted molar refractivity (Wildman–Crippen MR) is 48.7 cm³/mol. The molecule has 0 atom stereocenters. The molecule has 0 aliphatic carbocycles. The molecule has 9 heteroatoms. The lowest BCUT2D eigenvalue weighted by Gasteiger charge is -2.21. The lowest BCUT2D eigenvalue weighted by Crippen LogP contribution is -2.37. The molecule has 0 bridgehead atoms. The summed E-state index contributed by atoms with van der Waals surface area (Å²) < 4.78 is 70.4. The van der Waals surface area contributed by atoms with Crippen LogP contribution in [0, 0.1) is 0 Å². The standard InChI is InChI=1S/C7H12F4N2O2S/c8-7(9,10)6-12-2-1-3-13(5-4-12)16(11,14)15/h1-6H2. The van der Waals surface area contributed by atoms with Crippen molar-refractivity contribution in [2.24, 2.45) is 0 Å². The van der Waals surface area contributed by atoms with E-state index in [2.05, 4.69) is 0 Å². The Hall–Kier alpha value is -0.410. The molecule has 0 radical (unpaired) electrons. The maximum atomic E-state index is 12.6. The average molecular weight is 264 g/mol. The van der Waals surface area contributed by atoms with Crippen molar-refractivity contribution < 1.29 is 25.5 Å². The van der Waals surface area contributed by atoms with Crippen LogP contribution in [0.1, 0.15) is 6.42 Å². The Morgan fingerprint density at radius 2 is 1.69 bits per heavy atom. The van der Waals surface area contributed by atoms with Gasteiger partial charge in [0.2, 0.25) is 0 Å². The number of hydrogen-bond donors (Lipinski definition) is 0. The SMILES string of the molecule is O=S(=O)(F)N1CCCN(CC(F)(F)F)CC1. The van der Waals surface area contributed by atoms with Gasteiger partial charge in [0.05, 0.1) is 6.54 Å². The molecule has 1 saturated heterocycles. The maximum absolute atomic E-state index is 12.6. The van der Waals surface area contributed by atoms with Crippen molar-refractivity contribution in [1.82, 2.24) is 9.21 Å². The third-order valence-corrected chi connectivity index (χ3v) is 3.24. The van der Waals surface area contributed by atoms with Crippen molar-refractivity contribution in [2.45, 2.75) is 12.6 Å². The zero-order valence-electron chi connectivity index (χ0n) is 8.37. The largest absolute Gasteiger partial charge is 0.401 e. The first-order chi connectivity index (χ1) is 7.18. The van der Waals surface area contributed by atoms with Crippen LogP contribution in [0.2, 0.25) is 0 Å². The number of nitrogens with zero attached hydrogens (tertiary/aromatic N) is 2. The van der Waals surface area contributed by atoms with E-state index in [0.717, 1.165) is 4.90 Å². The van der Waals surface area contributed by atoms with Gasteiger partial charge in [-0.3, -0.25) is 4.90 Å². The van der Waals surface area contributed by atoms with Crippen molar-refractivity contribution >= 4 is 10.4 Å². The van der Waals surface area contributed by atoms with Crippen molar-refractivity contribution in [3.05, 3.63) is 0 Å². The first kappa shape index (κ1) is 13.7. The predicted octanol–water partition coefficient (Wildman–Crippen LogP) is 0.771. The van der Waals surface area contributed by atoms with E-state index >= 15 is 0 Å². The summed E-state index contributed by atoms with van der Waals surface area (Å²) in [5.74, 6) is 0. The summed E-state index contributed by atoms with van der Waals surface area (Å²) >= 11 is 0. The van der Waals surface area contributed by atoms with Crippen LogP contribution >= 0.6 is 0 Å². The molecule has 0 spiro atoms. The molecule has 0 aromatic carbocycles. The fraction of sp³-hybridized carbons (Fsp3) is 1.00. The summed E-state index contributed by atoms with van der Waals surface area (Å²) in [5, 5.41) is 0. The second kappa shape index (κ2) is 4.84. The van der Waals surface area contributed by atoms with Gasteiger partial charge in [0.1, 0.15) is 0 Å². The Bertz CT molecular complexity index is 330. The molecule has 1 aliphatic heterocycles. The Morgan fingerprint density at radius 3 is 2.19 bits per heavy atom. The Morgan fingerprint density at radius 1 is 1.06 bits per heavy atom. The topological polar surface area (TPSA) is 40.6 Å². The first-order valence-electron chi connectivity index (χ1n) is 4.67. The molecule has 16 heavy (non-hydrogen) atoms. The molecule has 1 rings (SSSR count). The second-order valence-electron chi connectivity index (χ2n) is 3.59. The molecule has 1 aliphatic rings. The molecule has 0 N–H and O–H groups in total. The van der Waals surface area contributed by atoms with Crippen LogP contribution in [-0.2, 0) is 10.4 Å². The fourth-order valence-electron chi connectivity index (χ4n) is 1.58. The summed E-state index contributed by atoms with van der Waals surface area (Å²) in [7, 11) is -4.79. The third-order valence-electron chi connectivity index (χ3n) is 2.26. The van der Waals surface area contributed by atoms with Crippen LogP contribution in [0.4, 0.5) is 17.1 Å². The number of halogens is 4. The number of alkyl halides is 3. The summed E-state index contributed by atoms with van der Waals surface area (Å²) in [6.45, 7) is -1.40. The van der Waals surface area contributed by atoms with Gasteiger partial charge in [0, 0.05) is 19.6 Å². The van der Waals surface area contributed by atoms with Crippen LogP contribution in [0.25, 0.3) is 0 Å². The molecule has 0 aromatic heterocycles. The highest BCUT2D eigenvalue weighted by molar-refractivity contribution is 7.83. The lowest BCUT2D eigenvalue weighted by molar-refractivity contribution is -0.145. The van der Waals surface area contributed by atoms with Crippen LogP contribution in [0.5, 0.6) is 0 Å². The summed E-state index contributed by atoms with van der Waals surface area (Å²) in [6.07, 6.45) is -4.12. The highest BCUT2D eigenvalue weighted by Gasteiger charge is 2.32. The molecule has 0 aromatic rings. The highest BCUT2D eigenvalue weighted by Crippen LogP contribution is 2.18. The van der Waals surface area contributed by atoms with E-state index in [4.69, 9.17) is 0 Å². The molecule has 1 fully saturated rings.